The Balaban J connectivity index is 2.31. The van der Waals surface area contributed by atoms with Gasteiger partial charge in [0, 0.05) is 12.3 Å². The van der Waals surface area contributed by atoms with Gasteiger partial charge in [0.25, 0.3) is 0 Å². The maximum absolute atomic E-state index is 13.5. The van der Waals surface area contributed by atoms with Gasteiger partial charge in [0.15, 0.2) is 11.6 Å². The van der Waals surface area contributed by atoms with E-state index in [-0.39, 0.29) is 22.6 Å². The van der Waals surface area contributed by atoms with Gasteiger partial charge in [0.2, 0.25) is 11.8 Å². The summed E-state index contributed by atoms with van der Waals surface area (Å²) in [6.07, 6.45) is 1.42. The summed E-state index contributed by atoms with van der Waals surface area (Å²) < 4.78 is 18.6. The molecule has 0 amide bonds. The van der Waals surface area contributed by atoms with Crippen molar-refractivity contribution in [2.75, 3.05) is 5.73 Å². The number of nitrogens with zero attached hydrogens (tertiary/aromatic N) is 2. The number of halogens is 2. The van der Waals surface area contributed by atoms with Gasteiger partial charge in [-0.1, -0.05) is 17.7 Å². The first-order chi connectivity index (χ1) is 7.66. The number of rotatable bonds is 2. The van der Waals surface area contributed by atoms with E-state index in [1.54, 1.807) is 6.07 Å². The van der Waals surface area contributed by atoms with Gasteiger partial charge in [0.1, 0.15) is 0 Å². The fourth-order valence-corrected chi connectivity index (χ4v) is 1.25. The zero-order chi connectivity index (χ0) is 11.5. The molecule has 0 aliphatic heterocycles. The van der Waals surface area contributed by atoms with Crippen LogP contribution in [0.25, 0.3) is 0 Å². The minimum Gasteiger partial charge on any atom is -0.436 e. The van der Waals surface area contributed by atoms with Crippen LogP contribution in [0.1, 0.15) is 0 Å². The Hall–Kier alpha value is -1.88. The summed E-state index contributed by atoms with van der Waals surface area (Å²) in [5.74, 6) is -0.430. The van der Waals surface area contributed by atoms with Gasteiger partial charge in [-0.3, -0.25) is 0 Å². The lowest BCUT2D eigenvalue weighted by Crippen LogP contribution is -1.97. The standard InChI is InChI=1S/C10H7ClFN3O/c11-6-2-1-3-7(9(6)12)16-8-4-5-14-10(13)15-8/h1-5H,(H2,13,14,15). The zero-order valence-corrected chi connectivity index (χ0v) is 8.78. The molecule has 0 unspecified atom stereocenters. The zero-order valence-electron chi connectivity index (χ0n) is 8.02. The largest absolute Gasteiger partial charge is 0.436 e. The van der Waals surface area contributed by atoms with Gasteiger partial charge >= 0.3 is 0 Å². The van der Waals surface area contributed by atoms with Crippen molar-refractivity contribution < 1.29 is 9.13 Å². The van der Waals surface area contributed by atoms with Crippen molar-refractivity contribution >= 4 is 17.5 Å². The molecule has 0 aliphatic rings. The second-order valence-corrected chi connectivity index (χ2v) is 3.31. The minimum atomic E-state index is -0.638. The van der Waals surface area contributed by atoms with Crippen molar-refractivity contribution in [3.05, 3.63) is 41.3 Å². The Bertz CT molecular complexity index is 521. The van der Waals surface area contributed by atoms with Gasteiger partial charge < -0.3 is 10.5 Å². The van der Waals surface area contributed by atoms with E-state index >= 15 is 0 Å². The number of nitrogen functional groups attached to an aromatic ring is 1. The number of benzene rings is 1. The van der Waals surface area contributed by atoms with Gasteiger partial charge in [0.05, 0.1) is 5.02 Å². The van der Waals surface area contributed by atoms with Gasteiger partial charge in [-0.15, -0.1) is 0 Å². The average Bonchev–Trinajstić information content (AvgIpc) is 2.25. The first kappa shape index (κ1) is 10.6. The summed E-state index contributed by atoms with van der Waals surface area (Å²) >= 11 is 5.60. The van der Waals surface area contributed by atoms with Crippen molar-refractivity contribution in [2.24, 2.45) is 0 Å². The van der Waals surface area contributed by atoms with Crippen LogP contribution >= 0.6 is 11.6 Å². The van der Waals surface area contributed by atoms with Crippen molar-refractivity contribution in [1.29, 1.82) is 0 Å². The summed E-state index contributed by atoms with van der Waals surface area (Å²) in [6, 6.07) is 5.92. The Morgan fingerprint density at radius 2 is 2.12 bits per heavy atom. The van der Waals surface area contributed by atoms with Crippen LogP contribution in [0.4, 0.5) is 10.3 Å². The summed E-state index contributed by atoms with van der Waals surface area (Å²) in [6.45, 7) is 0. The van der Waals surface area contributed by atoms with Crippen molar-refractivity contribution in [2.45, 2.75) is 0 Å². The molecular formula is C10H7ClFN3O. The second-order valence-electron chi connectivity index (χ2n) is 2.91. The van der Waals surface area contributed by atoms with Gasteiger partial charge in [-0.2, -0.15) is 4.98 Å². The summed E-state index contributed by atoms with van der Waals surface area (Å²) in [5, 5.41) is -0.0143. The number of nitrogens with two attached hydrogens (primary N) is 1. The van der Waals surface area contributed by atoms with E-state index in [4.69, 9.17) is 22.1 Å². The van der Waals surface area contributed by atoms with Crippen molar-refractivity contribution in [1.82, 2.24) is 9.97 Å². The Morgan fingerprint density at radius 3 is 2.88 bits per heavy atom. The topological polar surface area (TPSA) is 61.0 Å². The Labute approximate surface area is 95.9 Å². The van der Waals surface area contributed by atoms with Crippen LogP contribution in [0, 0.1) is 5.82 Å². The molecule has 16 heavy (non-hydrogen) atoms. The summed E-state index contributed by atoms with van der Waals surface area (Å²) in [4.78, 5) is 7.46. The van der Waals surface area contributed by atoms with E-state index in [9.17, 15) is 4.39 Å². The molecule has 82 valence electrons. The molecule has 0 aliphatic carbocycles. The molecule has 0 spiro atoms. The fourth-order valence-electron chi connectivity index (χ4n) is 1.09. The van der Waals surface area contributed by atoms with Crippen LogP contribution < -0.4 is 10.5 Å². The van der Waals surface area contributed by atoms with Crippen LogP contribution in [0.5, 0.6) is 11.6 Å². The average molecular weight is 240 g/mol. The quantitative estimate of drug-likeness (QED) is 0.875. The monoisotopic (exact) mass is 239 g/mol. The van der Waals surface area contributed by atoms with E-state index in [0.717, 1.165) is 0 Å². The lowest BCUT2D eigenvalue weighted by molar-refractivity contribution is 0.427. The van der Waals surface area contributed by atoms with Crippen LogP contribution in [0.15, 0.2) is 30.5 Å². The number of ether oxygens (including phenoxy) is 1. The fraction of sp³-hybridized carbons (Fsp3) is 0. The summed E-state index contributed by atoms with van der Waals surface area (Å²) in [7, 11) is 0. The van der Waals surface area contributed by atoms with E-state index in [0.29, 0.717) is 0 Å². The van der Waals surface area contributed by atoms with E-state index < -0.39 is 5.82 Å². The minimum absolute atomic E-state index is 0.00870. The molecule has 1 heterocycles. The molecular weight excluding hydrogens is 233 g/mol. The highest BCUT2D eigenvalue weighted by Gasteiger charge is 2.08. The summed E-state index contributed by atoms with van der Waals surface area (Å²) in [5.41, 5.74) is 5.36. The molecule has 0 radical (unpaired) electrons. The molecule has 1 aromatic carbocycles. The molecule has 0 fully saturated rings. The molecule has 6 heteroatoms. The number of anilines is 1. The first-order valence-corrected chi connectivity index (χ1v) is 4.75. The van der Waals surface area contributed by atoms with Gasteiger partial charge in [-0.25, -0.2) is 9.37 Å². The van der Waals surface area contributed by atoms with E-state index in [1.165, 1.54) is 24.4 Å². The van der Waals surface area contributed by atoms with E-state index in [1.807, 2.05) is 0 Å². The van der Waals surface area contributed by atoms with Crippen LogP contribution in [0.2, 0.25) is 5.02 Å². The third-order valence-electron chi connectivity index (χ3n) is 1.78. The van der Waals surface area contributed by atoms with Crippen LogP contribution in [0.3, 0.4) is 0 Å². The first-order valence-electron chi connectivity index (χ1n) is 4.37. The lowest BCUT2D eigenvalue weighted by Gasteiger charge is -2.06. The van der Waals surface area contributed by atoms with E-state index in [2.05, 4.69) is 9.97 Å². The lowest BCUT2D eigenvalue weighted by atomic mass is 10.3. The molecule has 4 nitrogen and oxygen atoms in total. The third kappa shape index (κ3) is 2.20. The predicted molar refractivity (Wildman–Crippen MR) is 57.9 cm³/mol. The molecule has 0 saturated carbocycles. The van der Waals surface area contributed by atoms with Crippen LogP contribution in [-0.2, 0) is 0 Å². The maximum Gasteiger partial charge on any atom is 0.224 e. The molecule has 0 saturated heterocycles. The molecule has 2 aromatic rings. The number of aromatic nitrogens is 2. The highest BCUT2D eigenvalue weighted by atomic mass is 35.5. The third-order valence-corrected chi connectivity index (χ3v) is 2.07. The smallest absolute Gasteiger partial charge is 0.224 e. The highest BCUT2D eigenvalue weighted by molar-refractivity contribution is 6.30. The SMILES string of the molecule is Nc1nccc(Oc2cccc(Cl)c2F)n1. The van der Waals surface area contributed by atoms with Crippen LogP contribution in [-0.4, -0.2) is 9.97 Å². The molecule has 2 N–H and O–H groups in total. The van der Waals surface area contributed by atoms with Crippen molar-refractivity contribution in [3.8, 4) is 11.6 Å². The molecule has 0 bridgehead atoms. The number of hydrogen-bond donors (Lipinski definition) is 1. The normalized spacial score (nSPS) is 10.1. The highest BCUT2D eigenvalue weighted by Crippen LogP contribution is 2.27. The Kier molecular flexibility index (Phi) is 2.87. The second kappa shape index (κ2) is 4.32. The maximum atomic E-state index is 13.5. The van der Waals surface area contributed by atoms with Crippen molar-refractivity contribution in [3.63, 3.8) is 0 Å². The molecule has 2 rings (SSSR count). The molecule has 1 aromatic heterocycles. The Morgan fingerprint density at radius 1 is 1.31 bits per heavy atom. The molecule has 0 atom stereocenters. The predicted octanol–water partition coefficient (Wildman–Crippen LogP) is 2.64. The number of hydrogen-bond acceptors (Lipinski definition) is 4. The van der Waals surface area contributed by atoms with Gasteiger partial charge in [-0.05, 0) is 12.1 Å².